The van der Waals surface area contributed by atoms with E-state index in [1.54, 1.807) is 31.1 Å². The molecule has 104 valence electrons. The summed E-state index contributed by atoms with van der Waals surface area (Å²) in [6.45, 7) is 3.19. The SMILES string of the molecule is CCCN(CC(=O)N(C)C)c1ccc(C=O)cc1Br. The monoisotopic (exact) mass is 326 g/mol. The molecule has 1 aromatic carbocycles. The van der Waals surface area contributed by atoms with E-state index in [1.807, 2.05) is 11.0 Å². The van der Waals surface area contributed by atoms with Crippen LogP contribution in [0.15, 0.2) is 22.7 Å². The molecule has 0 unspecified atom stereocenters. The first-order valence-electron chi connectivity index (χ1n) is 6.19. The third-order valence-electron chi connectivity index (χ3n) is 2.77. The minimum atomic E-state index is 0.0554. The number of likely N-dealkylation sites (N-methyl/N-ethyl adjacent to an activating group) is 1. The van der Waals surface area contributed by atoms with Crippen LogP contribution >= 0.6 is 15.9 Å². The Morgan fingerprint density at radius 2 is 2.05 bits per heavy atom. The molecule has 0 bridgehead atoms. The van der Waals surface area contributed by atoms with Gasteiger partial charge in [0.2, 0.25) is 5.91 Å². The molecule has 0 aliphatic rings. The number of nitrogens with zero attached hydrogens (tertiary/aromatic N) is 2. The van der Waals surface area contributed by atoms with Gasteiger partial charge in [-0.2, -0.15) is 0 Å². The van der Waals surface area contributed by atoms with E-state index in [4.69, 9.17) is 0 Å². The molecule has 0 saturated heterocycles. The number of carbonyl (C=O) groups is 2. The fraction of sp³-hybridized carbons (Fsp3) is 0.429. The Bertz CT molecular complexity index is 461. The van der Waals surface area contributed by atoms with Gasteiger partial charge in [0.25, 0.3) is 0 Å². The normalized spacial score (nSPS) is 10.1. The summed E-state index contributed by atoms with van der Waals surface area (Å²) in [7, 11) is 3.49. The summed E-state index contributed by atoms with van der Waals surface area (Å²) in [4.78, 5) is 26.2. The Morgan fingerprint density at radius 3 is 2.53 bits per heavy atom. The zero-order valence-electron chi connectivity index (χ0n) is 11.5. The lowest BCUT2D eigenvalue weighted by Gasteiger charge is -2.26. The molecule has 19 heavy (non-hydrogen) atoms. The molecular formula is C14H19BrN2O2. The van der Waals surface area contributed by atoms with Gasteiger partial charge in [-0.25, -0.2) is 0 Å². The summed E-state index contributed by atoms with van der Waals surface area (Å²) in [5, 5.41) is 0. The van der Waals surface area contributed by atoms with Crippen LogP contribution in [0.5, 0.6) is 0 Å². The molecule has 0 saturated carbocycles. The number of carbonyl (C=O) groups excluding carboxylic acids is 2. The lowest BCUT2D eigenvalue weighted by molar-refractivity contribution is -0.127. The van der Waals surface area contributed by atoms with Gasteiger partial charge in [0.05, 0.1) is 12.2 Å². The second-order valence-electron chi connectivity index (χ2n) is 4.54. The predicted octanol–water partition coefficient (Wildman–Crippen LogP) is 2.57. The molecule has 0 atom stereocenters. The number of hydrogen-bond acceptors (Lipinski definition) is 3. The third-order valence-corrected chi connectivity index (χ3v) is 3.40. The van der Waals surface area contributed by atoms with E-state index in [0.717, 1.165) is 29.4 Å². The third kappa shape index (κ3) is 4.35. The van der Waals surface area contributed by atoms with Crippen molar-refractivity contribution in [2.45, 2.75) is 13.3 Å². The Morgan fingerprint density at radius 1 is 1.37 bits per heavy atom. The molecule has 1 rings (SSSR count). The molecular weight excluding hydrogens is 308 g/mol. The summed E-state index contributed by atoms with van der Waals surface area (Å²) in [5.74, 6) is 0.0554. The highest BCUT2D eigenvalue weighted by Gasteiger charge is 2.15. The number of aldehydes is 1. The van der Waals surface area contributed by atoms with Crippen molar-refractivity contribution in [2.75, 3.05) is 32.1 Å². The van der Waals surface area contributed by atoms with Gasteiger partial charge in [0.1, 0.15) is 6.29 Å². The van der Waals surface area contributed by atoms with Gasteiger partial charge in [-0.3, -0.25) is 9.59 Å². The van der Waals surface area contributed by atoms with Crippen molar-refractivity contribution in [1.82, 2.24) is 4.90 Å². The zero-order chi connectivity index (χ0) is 14.4. The average molecular weight is 327 g/mol. The maximum atomic E-state index is 11.8. The highest BCUT2D eigenvalue weighted by molar-refractivity contribution is 9.10. The van der Waals surface area contributed by atoms with Crippen LogP contribution in [0.1, 0.15) is 23.7 Å². The van der Waals surface area contributed by atoms with Gasteiger partial charge in [-0.1, -0.05) is 6.92 Å². The number of anilines is 1. The van der Waals surface area contributed by atoms with E-state index < -0.39 is 0 Å². The van der Waals surface area contributed by atoms with Crippen molar-refractivity contribution in [1.29, 1.82) is 0 Å². The van der Waals surface area contributed by atoms with E-state index in [9.17, 15) is 9.59 Å². The Hall–Kier alpha value is -1.36. The molecule has 0 radical (unpaired) electrons. The largest absolute Gasteiger partial charge is 0.361 e. The van der Waals surface area contributed by atoms with Crippen LogP contribution in [0.25, 0.3) is 0 Å². The predicted molar refractivity (Wildman–Crippen MR) is 80.7 cm³/mol. The maximum absolute atomic E-state index is 11.8. The van der Waals surface area contributed by atoms with Crippen molar-refractivity contribution in [2.24, 2.45) is 0 Å². The van der Waals surface area contributed by atoms with Crippen LogP contribution in [0, 0.1) is 0 Å². The molecule has 0 aromatic heterocycles. The number of hydrogen-bond donors (Lipinski definition) is 0. The second-order valence-corrected chi connectivity index (χ2v) is 5.39. The second kappa shape index (κ2) is 7.28. The average Bonchev–Trinajstić information content (AvgIpc) is 2.37. The van der Waals surface area contributed by atoms with Crippen LogP contribution in [0.3, 0.4) is 0 Å². The fourth-order valence-corrected chi connectivity index (χ4v) is 2.36. The fourth-order valence-electron chi connectivity index (χ4n) is 1.71. The Balaban J connectivity index is 2.98. The maximum Gasteiger partial charge on any atom is 0.241 e. The van der Waals surface area contributed by atoms with Gasteiger partial charge in [-0.05, 0) is 40.5 Å². The summed E-state index contributed by atoms with van der Waals surface area (Å²) >= 11 is 3.46. The van der Waals surface area contributed by atoms with Crippen molar-refractivity contribution in [3.8, 4) is 0 Å². The highest BCUT2D eigenvalue weighted by Crippen LogP contribution is 2.27. The van der Waals surface area contributed by atoms with Crippen molar-refractivity contribution < 1.29 is 9.59 Å². The summed E-state index contributed by atoms with van der Waals surface area (Å²) < 4.78 is 0.831. The number of halogens is 1. The summed E-state index contributed by atoms with van der Waals surface area (Å²) in [5.41, 5.74) is 1.55. The van der Waals surface area contributed by atoms with E-state index in [-0.39, 0.29) is 5.91 Å². The van der Waals surface area contributed by atoms with E-state index in [1.165, 1.54) is 0 Å². The molecule has 0 fully saturated rings. The van der Waals surface area contributed by atoms with E-state index in [2.05, 4.69) is 22.9 Å². The van der Waals surface area contributed by atoms with Gasteiger partial charge in [0, 0.05) is 30.7 Å². The first kappa shape index (κ1) is 15.7. The van der Waals surface area contributed by atoms with Crippen molar-refractivity contribution in [3.05, 3.63) is 28.2 Å². The van der Waals surface area contributed by atoms with Crippen LogP contribution < -0.4 is 4.90 Å². The van der Waals surface area contributed by atoms with E-state index in [0.29, 0.717) is 12.1 Å². The van der Waals surface area contributed by atoms with Gasteiger partial charge in [0.15, 0.2) is 0 Å². The zero-order valence-corrected chi connectivity index (χ0v) is 13.1. The number of amides is 1. The van der Waals surface area contributed by atoms with Gasteiger partial charge >= 0.3 is 0 Å². The standard InChI is InChI=1S/C14H19BrN2O2/c1-4-7-17(9-14(19)16(2)3)13-6-5-11(10-18)8-12(13)15/h5-6,8,10H,4,7,9H2,1-3H3. The van der Waals surface area contributed by atoms with Crippen LogP contribution in [0.2, 0.25) is 0 Å². The summed E-state index contributed by atoms with van der Waals surface area (Å²) in [6, 6.07) is 5.40. The first-order chi connectivity index (χ1) is 8.99. The molecule has 0 aliphatic carbocycles. The first-order valence-corrected chi connectivity index (χ1v) is 6.98. The number of rotatable bonds is 6. The van der Waals surface area contributed by atoms with Crippen LogP contribution in [-0.2, 0) is 4.79 Å². The smallest absolute Gasteiger partial charge is 0.241 e. The van der Waals surface area contributed by atoms with Crippen LogP contribution in [-0.4, -0.2) is 44.3 Å². The van der Waals surface area contributed by atoms with Crippen molar-refractivity contribution >= 4 is 33.8 Å². The quantitative estimate of drug-likeness (QED) is 0.754. The Kier molecular flexibility index (Phi) is 6.02. The molecule has 0 aliphatic heterocycles. The topological polar surface area (TPSA) is 40.6 Å². The van der Waals surface area contributed by atoms with Gasteiger partial charge in [-0.15, -0.1) is 0 Å². The summed E-state index contributed by atoms with van der Waals surface area (Å²) in [6.07, 6.45) is 1.76. The minimum Gasteiger partial charge on any atom is -0.361 e. The number of benzene rings is 1. The molecule has 0 spiro atoms. The van der Waals surface area contributed by atoms with Crippen molar-refractivity contribution in [3.63, 3.8) is 0 Å². The van der Waals surface area contributed by atoms with Crippen LogP contribution in [0.4, 0.5) is 5.69 Å². The minimum absolute atomic E-state index is 0.0554. The lowest BCUT2D eigenvalue weighted by atomic mass is 10.2. The highest BCUT2D eigenvalue weighted by atomic mass is 79.9. The molecule has 0 heterocycles. The van der Waals surface area contributed by atoms with Gasteiger partial charge < -0.3 is 9.80 Å². The Labute approximate surface area is 122 Å². The molecule has 1 aromatic rings. The molecule has 0 N–H and O–H groups in total. The molecule has 5 heteroatoms. The lowest BCUT2D eigenvalue weighted by Crippen LogP contribution is -2.37. The van der Waals surface area contributed by atoms with E-state index >= 15 is 0 Å². The molecule has 1 amide bonds. The molecule has 4 nitrogen and oxygen atoms in total.